The van der Waals surface area contributed by atoms with Gasteiger partial charge in [-0.1, -0.05) is 30.8 Å². The van der Waals surface area contributed by atoms with Gasteiger partial charge in [0.25, 0.3) is 0 Å². The molecule has 0 fully saturated rings. The summed E-state index contributed by atoms with van der Waals surface area (Å²) < 4.78 is 0. The molecule has 0 aliphatic heterocycles. The van der Waals surface area contributed by atoms with Crippen molar-refractivity contribution < 1.29 is 9.59 Å². The van der Waals surface area contributed by atoms with Crippen molar-refractivity contribution in [3.8, 4) is 0 Å². The van der Waals surface area contributed by atoms with Crippen LogP contribution in [0, 0.1) is 0 Å². The Labute approximate surface area is 151 Å². The van der Waals surface area contributed by atoms with Gasteiger partial charge in [0.05, 0.1) is 11.3 Å². The SMILES string of the molecule is CCC(=O)Nc1ccc([C@@H](C)NC(=O)[C@@H](C)Sc2ncccn2)cc1. The van der Waals surface area contributed by atoms with Gasteiger partial charge < -0.3 is 10.6 Å². The summed E-state index contributed by atoms with van der Waals surface area (Å²) in [5.41, 5.74) is 1.72. The molecule has 0 aliphatic carbocycles. The van der Waals surface area contributed by atoms with Crippen LogP contribution in [0.15, 0.2) is 47.9 Å². The fourth-order valence-corrected chi connectivity index (χ4v) is 2.81. The van der Waals surface area contributed by atoms with Crippen LogP contribution >= 0.6 is 11.8 Å². The molecule has 0 unspecified atom stereocenters. The summed E-state index contributed by atoms with van der Waals surface area (Å²) in [6.07, 6.45) is 3.75. The van der Waals surface area contributed by atoms with Crippen LogP contribution in [0.1, 0.15) is 38.8 Å². The van der Waals surface area contributed by atoms with Crippen molar-refractivity contribution >= 4 is 29.3 Å². The van der Waals surface area contributed by atoms with Crippen molar-refractivity contribution in [3.05, 3.63) is 48.3 Å². The molecule has 2 aromatic rings. The van der Waals surface area contributed by atoms with Crippen molar-refractivity contribution in [2.24, 2.45) is 0 Å². The van der Waals surface area contributed by atoms with E-state index in [4.69, 9.17) is 0 Å². The molecule has 0 saturated heterocycles. The molecule has 0 bridgehead atoms. The smallest absolute Gasteiger partial charge is 0.233 e. The predicted molar refractivity (Wildman–Crippen MR) is 99.3 cm³/mol. The van der Waals surface area contributed by atoms with E-state index >= 15 is 0 Å². The minimum Gasteiger partial charge on any atom is -0.349 e. The molecule has 2 amide bonds. The second kappa shape index (κ2) is 9.17. The third-order valence-electron chi connectivity index (χ3n) is 3.57. The van der Waals surface area contributed by atoms with Crippen LogP contribution in [0.2, 0.25) is 0 Å². The Hall–Kier alpha value is -2.41. The molecule has 1 aromatic heterocycles. The lowest BCUT2D eigenvalue weighted by Gasteiger charge is -2.17. The molecule has 132 valence electrons. The number of thioether (sulfide) groups is 1. The van der Waals surface area contributed by atoms with Crippen LogP contribution < -0.4 is 10.6 Å². The Kier molecular flexibility index (Phi) is 6.94. The molecule has 25 heavy (non-hydrogen) atoms. The normalized spacial score (nSPS) is 12.9. The van der Waals surface area contributed by atoms with Gasteiger partial charge in [-0.05, 0) is 37.6 Å². The van der Waals surface area contributed by atoms with E-state index in [1.165, 1.54) is 11.8 Å². The first-order chi connectivity index (χ1) is 12.0. The van der Waals surface area contributed by atoms with Gasteiger partial charge >= 0.3 is 0 Å². The molecule has 2 atom stereocenters. The maximum Gasteiger partial charge on any atom is 0.233 e. The number of carbonyl (C=O) groups is 2. The lowest BCUT2D eigenvalue weighted by Crippen LogP contribution is -2.33. The summed E-state index contributed by atoms with van der Waals surface area (Å²) >= 11 is 1.32. The van der Waals surface area contributed by atoms with E-state index in [1.807, 2.05) is 38.1 Å². The number of benzene rings is 1. The number of aromatic nitrogens is 2. The molecule has 0 saturated carbocycles. The Bertz CT molecular complexity index is 707. The zero-order valence-corrected chi connectivity index (χ0v) is 15.3. The van der Waals surface area contributed by atoms with Gasteiger partial charge in [0.2, 0.25) is 11.8 Å². The Balaban J connectivity index is 1.90. The summed E-state index contributed by atoms with van der Waals surface area (Å²) in [5, 5.41) is 6.06. The van der Waals surface area contributed by atoms with E-state index in [2.05, 4.69) is 20.6 Å². The number of amides is 2. The molecule has 6 nitrogen and oxygen atoms in total. The Morgan fingerprint density at radius 3 is 2.36 bits per heavy atom. The highest BCUT2D eigenvalue weighted by Gasteiger charge is 2.18. The van der Waals surface area contributed by atoms with Gasteiger partial charge in [0, 0.05) is 24.5 Å². The first kappa shape index (κ1) is 18.9. The third kappa shape index (κ3) is 5.86. The summed E-state index contributed by atoms with van der Waals surface area (Å²) in [6.45, 7) is 5.56. The van der Waals surface area contributed by atoms with Crippen LogP contribution in [-0.2, 0) is 9.59 Å². The average Bonchev–Trinajstić information content (AvgIpc) is 2.62. The fraction of sp³-hybridized carbons (Fsp3) is 0.333. The van der Waals surface area contributed by atoms with Crippen molar-refractivity contribution in [3.63, 3.8) is 0 Å². The van der Waals surface area contributed by atoms with Gasteiger partial charge in [-0.2, -0.15) is 0 Å². The van der Waals surface area contributed by atoms with Gasteiger partial charge in [-0.25, -0.2) is 9.97 Å². The second-order valence-electron chi connectivity index (χ2n) is 5.55. The number of hydrogen-bond acceptors (Lipinski definition) is 5. The van der Waals surface area contributed by atoms with Crippen molar-refractivity contribution in [2.45, 2.75) is 43.6 Å². The van der Waals surface area contributed by atoms with E-state index in [-0.39, 0.29) is 23.1 Å². The highest BCUT2D eigenvalue weighted by molar-refractivity contribution is 8.00. The molecular formula is C18H22N4O2S. The molecule has 0 aliphatic rings. The number of rotatable bonds is 7. The first-order valence-corrected chi connectivity index (χ1v) is 9.01. The minimum atomic E-state index is -0.298. The molecule has 7 heteroatoms. The standard InChI is InChI=1S/C18H22N4O2S/c1-4-16(23)22-15-8-6-14(7-9-15)12(2)21-17(24)13(3)25-18-19-10-5-11-20-18/h5-13H,4H2,1-3H3,(H,21,24)(H,22,23)/t12-,13-/m1/s1. The second-order valence-corrected chi connectivity index (χ2v) is 6.85. The monoisotopic (exact) mass is 358 g/mol. The number of anilines is 1. The van der Waals surface area contributed by atoms with Gasteiger partial charge in [-0.3, -0.25) is 9.59 Å². The van der Waals surface area contributed by atoms with E-state index in [0.717, 1.165) is 11.3 Å². The minimum absolute atomic E-state index is 0.0249. The topological polar surface area (TPSA) is 84.0 Å². The lowest BCUT2D eigenvalue weighted by molar-refractivity contribution is -0.121. The van der Waals surface area contributed by atoms with E-state index in [1.54, 1.807) is 25.4 Å². The lowest BCUT2D eigenvalue weighted by atomic mass is 10.1. The zero-order chi connectivity index (χ0) is 18.2. The summed E-state index contributed by atoms with van der Waals surface area (Å²) in [4.78, 5) is 32.0. The molecule has 0 radical (unpaired) electrons. The molecule has 0 spiro atoms. The summed E-state index contributed by atoms with van der Waals surface area (Å²) in [5.74, 6) is -0.101. The Morgan fingerprint density at radius 2 is 1.76 bits per heavy atom. The highest BCUT2D eigenvalue weighted by atomic mass is 32.2. The van der Waals surface area contributed by atoms with Crippen LogP contribution in [0.5, 0.6) is 0 Å². The molecule has 1 aromatic carbocycles. The van der Waals surface area contributed by atoms with E-state index < -0.39 is 0 Å². The van der Waals surface area contributed by atoms with E-state index in [0.29, 0.717) is 11.6 Å². The predicted octanol–water partition coefficient (Wildman–Crippen LogP) is 3.18. The van der Waals surface area contributed by atoms with Crippen LogP contribution in [-0.4, -0.2) is 27.0 Å². The fourth-order valence-electron chi connectivity index (χ4n) is 2.08. The van der Waals surface area contributed by atoms with Crippen LogP contribution in [0.3, 0.4) is 0 Å². The van der Waals surface area contributed by atoms with Crippen molar-refractivity contribution in [2.75, 3.05) is 5.32 Å². The quantitative estimate of drug-likeness (QED) is 0.587. The number of nitrogens with one attached hydrogen (secondary N) is 2. The molecule has 2 N–H and O–H groups in total. The maximum absolute atomic E-state index is 12.3. The first-order valence-electron chi connectivity index (χ1n) is 8.13. The van der Waals surface area contributed by atoms with Gasteiger partial charge in [0.1, 0.15) is 0 Å². The number of nitrogens with zero attached hydrogens (tertiary/aromatic N) is 2. The molecule has 1 heterocycles. The highest BCUT2D eigenvalue weighted by Crippen LogP contribution is 2.21. The Morgan fingerprint density at radius 1 is 1.12 bits per heavy atom. The van der Waals surface area contributed by atoms with E-state index in [9.17, 15) is 9.59 Å². The molecular weight excluding hydrogens is 336 g/mol. The summed E-state index contributed by atoms with van der Waals surface area (Å²) in [7, 11) is 0. The van der Waals surface area contributed by atoms with Crippen molar-refractivity contribution in [1.29, 1.82) is 0 Å². The summed E-state index contributed by atoms with van der Waals surface area (Å²) in [6, 6.07) is 9.07. The zero-order valence-electron chi connectivity index (χ0n) is 14.5. The maximum atomic E-state index is 12.3. The van der Waals surface area contributed by atoms with Crippen LogP contribution in [0.25, 0.3) is 0 Å². The number of carbonyl (C=O) groups excluding carboxylic acids is 2. The number of hydrogen-bond donors (Lipinski definition) is 2. The van der Waals surface area contributed by atoms with Crippen LogP contribution in [0.4, 0.5) is 5.69 Å². The van der Waals surface area contributed by atoms with Gasteiger partial charge in [-0.15, -0.1) is 0 Å². The molecule has 2 rings (SSSR count). The largest absolute Gasteiger partial charge is 0.349 e. The average molecular weight is 358 g/mol. The van der Waals surface area contributed by atoms with Crippen molar-refractivity contribution in [1.82, 2.24) is 15.3 Å². The van der Waals surface area contributed by atoms with Gasteiger partial charge in [0.15, 0.2) is 5.16 Å². The third-order valence-corrected chi connectivity index (χ3v) is 4.56.